The van der Waals surface area contributed by atoms with Crippen molar-refractivity contribution in [3.05, 3.63) is 25.6 Å². The van der Waals surface area contributed by atoms with Gasteiger partial charge in [0.2, 0.25) is 0 Å². The van der Waals surface area contributed by atoms with Crippen LogP contribution in [0.1, 0.15) is 26.7 Å². The first kappa shape index (κ1) is 17.7. The molecule has 0 spiro atoms. The summed E-state index contributed by atoms with van der Waals surface area (Å²) in [4.78, 5) is 0. The lowest BCUT2D eigenvalue weighted by atomic mass is 9.85. The standard InChI is InChI=1S/C15H20Br3NO2/c1-3-5-19-12-8-13(15(12)20-4-2)21-14-10(17)6-9(16)7-11(14)18/h6-7,12-13,15,19H,3-5,8H2,1-2H3. The summed E-state index contributed by atoms with van der Waals surface area (Å²) in [5.74, 6) is 0.835. The van der Waals surface area contributed by atoms with E-state index in [0.717, 1.165) is 38.6 Å². The highest BCUT2D eigenvalue weighted by Gasteiger charge is 2.43. The molecule has 0 aliphatic heterocycles. The van der Waals surface area contributed by atoms with Crippen molar-refractivity contribution in [1.82, 2.24) is 5.32 Å². The summed E-state index contributed by atoms with van der Waals surface area (Å²) < 4.78 is 14.9. The van der Waals surface area contributed by atoms with Gasteiger partial charge in [-0.15, -0.1) is 0 Å². The van der Waals surface area contributed by atoms with Gasteiger partial charge in [-0.05, 0) is 63.9 Å². The zero-order chi connectivity index (χ0) is 15.4. The molecule has 6 heteroatoms. The molecule has 0 saturated heterocycles. The van der Waals surface area contributed by atoms with Gasteiger partial charge in [0.1, 0.15) is 18.0 Å². The fraction of sp³-hybridized carbons (Fsp3) is 0.600. The molecule has 1 fully saturated rings. The second-order valence-corrected chi connectivity index (χ2v) is 7.70. The van der Waals surface area contributed by atoms with Crippen molar-refractivity contribution in [2.45, 2.75) is 44.9 Å². The van der Waals surface area contributed by atoms with E-state index in [1.54, 1.807) is 0 Å². The number of benzene rings is 1. The maximum atomic E-state index is 6.16. The van der Waals surface area contributed by atoms with Crippen LogP contribution in [0.15, 0.2) is 25.6 Å². The van der Waals surface area contributed by atoms with Crippen LogP contribution >= 0.6 is 47.8 Å². The second kappa shape index (κ2) is 8.29. The van der Waals surface area contributed by atoms with Crippen molar-refractivity contribution in [3.8, 4) is 5.75 Å². The number of rotatable bonds is 7. The molecule has 118 valence electrons. The molecule has 0 radical (unpaired) electrons. The molecule has 1 aromatic carbocycles. The lowest BCUT2D eigenvalue weighted by Gasteiger charge is -2.44. The van der Waals surface area contributed by atoms with Gasteiger partial charge in [0.05, 0.1) is 8.95 Å². The van der Waals surface area contributed by atoms with E-state index in [1.165, 1.54) is 0 Å². The molecule has 21 heavy (non-hydrogen) atoms. The van der Waals surface area contributed by atoms with Gasteiger partial charge in [-0.1, -0.05) is 22.9 Å². The van der Waals surface area contributed by atoms with Crippen LogP contribution < -0.4 is 10.1 Å². The minimum absolute atomic E-state index is 0.0908. The molecule has 3 atom stereocenters. The molecule has 0 aromatic heterocycles. The van der Waals surface area contributed by atoms with E-state index >= 15 is 0 Å². The van der Waals surface area contributed by atoms with Crippen LogP contribution in [0, 0.1) is 0 Å². The minimum Gasteiger partial charge on any atom is -0.485 e. The highest BCUT2D eigenvalue weighted by atomic mass is 79.9. The molecular weight excluding hydrogens is 466 g/mol. The van der Waals surface area contributed by atoms with Crippen LogP contribution in [0.25, 0.3) is 0 Å². The lowest BCUT2D eigenvalue weighted by molar-refractivity contribution is -0.105. The van der Waals surface area contributed by atoms with Gasteiger partial charge in [-0.25, -0.2) is 0 Å². The molecule has 1 aliphatic rings. The first-order chi connectivity index (χ1) is 10.1. The van der Waals surface area contributed by atoms with Crippen LogP contribution in [0.5, 0.6) is 5.75 Å². The summed E-state index contributed by atoms with van der Waals surface area (Å²) in [7, 11) is 0. The molecule has 2 rings (SSSR count). The molecule has 1 saturated carbocycles. The summed E-state index contributed by atoms with van der Waals surface area (Å²) in [6.45, 7) is 5.92. The van der Waals surface area contributed by atoms with E-state index in [-0.39, 0.29) is 12.2 Å². The van der Waals surface area contributed by atoms with Gasteiger partial charge in [0, 0.05) is 23.5 Å². The molecule has 3 unspecified atom stereocenters. The Balaban J connectivity index is 2.03. The number of hydrogen-bond acceptors (Lipinski definition) is 3. The van der Waals surface area contributed by atoms with Crippen molar-refractivity contribution < 1.29 is 9.47 Å². The molecule has 1 aliphatic carbocycles. The lowest BCUT2D eigenvalue weighted by Crippen LogP contribution is -2.61. The maximum Gasteiger partial charge on any atom is 0.148 e. The Morgan fingerprint density at radius 2 is 1.86 bits per heavy atom. The van der Waals surface area contributed by atoms with E-state index in [4.69, 9.17) is 9.47 Å². The van der Waals surface area contributed by atoms with Crippen LogP contribution in [-0.2, 0) is 4.74 Å². The van der Waals surface area contributed by atoms with Crippen molar-refractivity contribution in [1.29, 1.82) is 0 Å². The van der Waals surface area contributed by atoms with Crippen molar-refractivity contribution >= 4 is 47.8 Å². The molecule has 3 nitrogen and oxygen atoms in total. The normalized spacial score (nSPS) is 24.7. The van der Waals surface area contributed by atoms with Gasteiger partial charge in [-0.3, -0.25) is 0 Å². The predicted octanol–water partition coefficient (Wildman–Crippen LogP) is 4.90. The summed E-state index contributed by atoms with van der Waals surface area (Å²) in [6, 6.07) is 4.37. The molecule has 0 heterocycles. The van der Waals surface area contributed by atoms with E-state index in [1.807, 2.05) is 19.1 Å². The zero-order valence-corrected chi connectivity index (χ0v) is 16.9. The molecule has 1 aromatic rings. The third-order valence-electron chi connectivity index (χ3n) is 3.50. The van der Waals surface area contributed by atoms with Crippen molar-refractivity contribution in [3.63, 3.8) is 0 Å². The van der Waals surface area contributed by atoms with E-state index in [0.29, 0.717) is 12.6 Å². The van der Waals surface area contributed by atoms with E-state index < -0.39 is 0 Å². The Kier molecular flexibility index (Phi) is 7.00. The Labute approximate surface area is 151 Å². The number of ether oxygens (including phenoxy) is 2. The Hall–Kier alpha value is 0.380. The topological polar surface area (TPSA) is 30.5 Å². The van der Waals surface area contributed by atoms with Crippen molar-refractivity contribution in [2.75, 3.05) is 13.2 Å². The third-order valence-corrected chi connectivity index (χ3v) is 5.13. The minimum atomic E-state index is 0.0908. The van der Waals surface area contributed by atoms with Crippen LogP contribution in [0.3, 0.4) is 0 Å². The summed E-state index contributed by atoms with van der Waals surface area (Å²) >= 11 is 10.6. The highest BCUT2D eigenvalue weighted by Crippen LogP contribution is 2.39. The number of nitrogens with one attached hydrogen (secondary N) is 1. The predicted molar refractivity (Wildman–Crippen MR) is 96.1 cm³/mol. The zero-order valence-electron chi connectivity index (χ0n) is 12.2. The van der Waals surface area contributed by atoms with Crippen molar-refractivity contribution in [2.24, 2.45) is 0 Å². The third kappa shape index (κ3) is 4.44. The average molecular weight is 486 g/mol. The number of hydrogen-bond donors (Lipinski definition) is 1. The number of halogens is 3. The van der Waals surface area contributed by atoms with Crippen LogP contribution in [0.4, 0.5) is 0 Å². The highest BCUT2D eigenvalue weighted by molar-refractivity contribution is 9.11. The van der Waals surface area contributed by atoms with Gasteiger partial charge < -0.3 is 14.8 Å². The summed E-state index contributed by atoms with van der Waals surface area (Å²) in [5, 5.41) is 3.52. The monoisotopic (exact) mass is 483 g/mol. The molecule has 0 bridgehead atoms. The fourth-order valence-electron chi connectivity index (χ4n) is 2.44. The van der Waals surface area contributed by atoms with Crippen LogP contribution in [0.2, 0.25) is 0 Å². The largest absolute Gasteiger partial charge is 0.485 e. The quantitative estimate of drug-likeness (QED) is 0.596. The van der Waals surface area contributed by atoms with Gasteiger partial charge >= 0.3 is 0 Å². The fourth-order valence-corrected chi connectivity index (χ4v) is 4.88. The van der Waals surface area contributed by atoms with Gasteiger partial charge in [0.15, 0.2) is 0 Å². The SMILES string of the molecule is CCCNC1CC(Oc2c(Br)cc(Br)cc2Br)C1OCC. The summed E-state index contributed by atoms with van der Waals surface area (Å²) in [5.41, 5.74) is 0. The first-order valence-electron chi connectivity index (χ1n) is 7.23. The first-order valence-corrected chi connectivity index (χ1v) is 9.60. The smallest absolute Gasteiger partial charge is 0.148 e. The molecule has 0 amide bonds. The Bertz CT molecular complexity index is 461. The molecule has 1 N–H and O–H groups in total. The van der Waals surface area contributed by atoms with Gasteiger partial charge in [-0.2, -0.15) is 0 Å². The summed E-state index contributed by atoms with van der Waals surface area (Å²) in [6.07, 6.45) is 2.31. The second-order valence-electron chi connectivity index (χ2n) is 5.07. The Morgan fingerprint density at radius 3 is 2.43 bits per heavy atom. The van der Waals surface area contributed by atoms with E-state index in [2.05, 4.69) is 60.0 Å². The molecular formula is C15H20Br3NO2. The average Bonchev–Trinajstić information content (AvgIpc) is 2.41. The maximum absolute atomic E-state index is 6.16. The van der Waals surface area contributed by atoms with Gasteiger partial charge in [0.25, 0.3) is 0 Å². The Morgan fingerprint density at radius 1 is 1.19 bits per heavy atom. The van der Waals surface area contributed by atoms with Crippen LogP contribution in [-0.4, -0.2) is 31.4 Å². The van der Waals surface area contributed by atoms with E-state index in [9.17, 15) is 0 Å².